The fourth-order valence-corrected chi connectivity index (χ4v) is 4.55. The van der Waals surface area contributed by atoms with Crippen molar-refractivity contribution in [2.24, 2.45) is 0 Å². The van der Waals surface area contributed by atoms with Gasteiger partial charge in [-0.3, -0.25) is 4.79 Å². The summed E-state index contributed by atoms with van der Waals surface area (Å²) in [4.78, 5) is 21.3. The quantitative estimate of drug-likeness (QED) is 0.569. The summed E-state index contributed by atoms with van der Waals surface area (Å²) in [6, 6.07) is 14.1. The maximum absolute atomic E-state index is 12.8. The van der Waals surface area contributed by atoms with Gasteiger partial charge >= 0.3 is 0 Å². The van der Waals surface area contributed by atoms with E-state index in [4.69, 9.17) is 0 Å². The average Bonchev–Trinajstić information content (AvgIpc) is 3.21. The van der Waals surface area contributed by atoms with Crippen LogP contribution in [0.15, 0.2) is 53.8 Å². The molecule has 4 rings (SSSR count). The molecule has 1 fully saturated rings. The second kappa shape index (κ2) is 9.30. The van der Waals surface area contributed by atoms with Crippen LogP contribution in [-0.4, -0.2) is 62.5 Å². The highest BCUT2D eigenvalue weighted by molar-refractivity contribution is 7.99. The molecule has 0 spiro atoms. The van der Waals surface area contributed by atoms with Crippen molar-refractivity contribution in [1.82, 2.24) is 24.6 Å². The van der Waals surface area contributed by atoms with Crippen LogP contribution in [0.3, 0.4) is 0 Å². The number of carbonyl (C=O) groups excluding carboxylic acids is 1. The predicted molar refractivity (Wildman–Crippen MR) is 120 cm³/mol. The summed E-state index contributed by atoms with van der Waals surface area (Å²) in [6.07, 6.45) is 1.80. The van der Waals surface area contributed by atoms with Crippen molar-refractivity contribution in [1.29, 1.82) is 0 Å². The third-order valence-corrected chi connectivity index (χ3v) is 6.30. The van der Waals surface area contributed by atoms with Gasteiger partial charge in [-0.1, -0.05) is 42.1 Å². The van der Waals surface area contributed by atoms with Crippen LogP contribution < -0.4 is 4.90 Å². The molecule has 0 aliphatic carbocycles. The van der Waals surface area contributed by atoms with E-state index in [1.54, 1.807) is 6.20 Å². The summed E-state index contributed by atoms with van der Waals surface area (Å²) in [6.45, 7) is 7.94. The Kier molecular flexibility index (Phi) is 6.32. The van der Waals surface area contributed by atoms with E-state index in [0.717, 1.165) is 47.6 Å². The minimum atomic E-state index is 0.142. The first-order valence-corrected chi connectivity index (χ1v) is 11.2. The Morgan fingerprint density at radius 3 is 2.50 bits per heavy atom. The largest absolute Gasteiger partial charge is 0.353 e. The smallest absolute Gasteiger partial charge is 0.233 e. The van der Waals surface area contributed by atoms with E-state index in [0.29, 0.717) is 18.8 Å². The first-order chi connectivity index (χ1) is 14.7. The lowest BCUT2D eigenvalue weighted by Gasteiger charge is -2.35. The topological polar surface area (TPSA) is 67.2 Å². The lowest BCUT2D eigenvalue weighted by Crippen LogP contribution is -2.49. The molecule has 8 heteroatoms. The van der Waals surface area contributed by atoms with Gasteiger partial charge in [0.25, 0.3) is 0 Å². The van der Waals surface area contributed by atoms with Crippen LogP contribution in [0.5, 0.6) is 0 Å². The van der Waals surface area contributed by atoms with Crippen molar-refractivity contribution < 1.29 is 4.79 Å². The van der Waals surface area contributed by atoms with Gasteiger partial charge in [-0.05, 0) is 31.5 Å². The molecule has 1 aromatic carbocycles. The number of anilines is 1. The number of rotatable bonds is 6. The standard InChI is InChI=1S/C22H26N6OS/c1-3-28-21(18-9-5-4-8-17(18)2)24-25-22(28)30-16-20(29)27-14-12-26(13-15-27)19-10-6-7-11-23-19/h4-11H,3,12-16H2,1-2H3. The molecule has 1 amide bonds. The van der Waals surface area contributed by atoms with Crippen LogP contribution in [0.1, 0.15) is 12.5 Å². The monoisotopic (exact) mass is 422 g/mol. The molecule has 3 aromatic rings. The molecule has 2 aromatic heterocycles. The van der Waals surface area contributed by atoms with Gasteiger partial charge in [0.05, 0.1) is 5.75 Å². The highest BCUT2D eigenvalue weighted by atomic mass is 32.2. The summed E-state index contributed by atoms with van der Waals surface area (Å²) in [5, 5.41) is 9.56. The molecule has 156 valence electrons. The molecule has 0 bridgehead atoms. The second-order valence-corrected chi connectivity index (χ2v) is 8.15. The van der Waals surface area contributed by atoms with Gasteiger partial charge in [-0.25, -0.2) is 4.98 Å². The van der Waals surface area contributed by atoms with Crippen LogP contribution >= 0.6 is 11.8 Å². The Morgan fingerprint density at radius 1 is 1.03 bits per heavy atom. The number of hydrogen-bond donors (Lipinski definition) is 0. The number of hydrogen-bond acceptors (Lipinski definition) is 6. The van der Waals surface area contributed by atoms with Gasteiger partial charge in [0, 0.05) is 44.5 Å². The highest BCUT2D eigenvalue weighted by Gasteiger charge is 2.23. The predicted octanol–water partition coefficient (Wildman–Crippen LogP) is 3.11. The number of pyridine rings is 1. The molecular formula is C22H26N6OS. The molecule has 0 unspecified atom stereocenters. The van der Waals surface area contributed by atoms with Gasteiger partial charge in [0.2, 0.25) is 5.91 Å². The van der Waals surface area contributed by atoms with E-state index in [1.807, 2.05) is 35.2 Å². The Labute approximate surface area is 181 Å². The normalized spacial score (nSPS) is 14.2. The number of aromatic nitrogens is 4. The van der Waals surface area contributed by atoms with Crippen LogP contribution in [0.4, 0.5) is 5.82 Å². The third-order valence-electron chi connectivity index (χ3n) is 5.35. The Balaban J connectivity index is 1.36. The molecule has 3 heterocycles. The van der Waals surface area contributed by atoms with E-state index >= 15 is 0 Å². The minimum Gasteiger partial charge on any atom is -0.353 e. The highest BCUT2D eigenvalue weighted by Crippen LogP contribution is 2.26. The van der Waals surface area contributed by atoms with Crippen LogP contribution in [-0.2, 0) is 11.3 Å². The van der Waals surface area contributed by atoms with Gasteiger partial charge in [-0.2, -0.15) is 0 Å². The fraction of sp³-hybridized carbons (Fsp3) is 0.364. The van der Waals surface area contributed by atoms with E-state index < -0.39 is 0 Å². The van der Waals surface area contributed by atoms with E-state index in [-0.39, 0.29) is 5.91 Å². The van der Waals surface area contributed by atoms with Crippen molar-refractivity contribution in [3.63, 3.8) is 0 Å². The summed E-state index contributed by atoms with van der Waals surface area (Å²) in [5.74, 6) is 2.34. The number of nitrogens with zero attached hydrogens (tertiary/aromatic N) is 6. The molecule has 1 saturated heterocycles. The number of piperazine rings is 1. The first-order valence-electron chi connectivity index (χ1n) is 10.2. The Hall–Kier alpha value is -2.87. The molecular weight excluding hydrogens is 396 g/mol. The Morgan fingerprint density at radius 2 is 1.80 bits per heavy atom. The lowest BCUT2D eigenvalue weighted by atomic mass is 10.1. The molecule has 1 aliphatic rings. The number of amides is 1. The van der Waals surface area contributed by atoms with Crippen LogP contribution in [0, 0.1) is 6.92 Å². The van der Waals surface area contributed by atoms with Crippen molar-refractivity contribution in [2.45, 2.75) is 25.5 Å². The molecule has 0 saturated carbocycles. The van der Waals surface area contributed by atoms with E-state index in [9.17, 15) is 4.79 Å². The third kappa shape index (κ3) is 4.33. The van der Waals surface area contributed by atoms with E-state index in [1.165, 1.54) is 11.8 Å². The number of carbonyl (C=O) groups is 1. The fourth-order valence-electron chi connectivity index (χ4n) is 3.65. The van der Waals surface area contributed by atoms with E-state index in [2.05, 4.69) is 50.6 Å². The van der Waals surface area contributed by atoms with Crippen molar-refractivity contribution >= 4 is 23.5 Å². The summed E-state index contributed by atoms with van der Waals surface area (Å²) >= 11 is 1.46. The van der Waals surface area contributed by atoms with Gasteiger partial charge in [0.1, 0.15) is 5.82 Å². The zero-order valence-corrected chi connectivity index (χ0v) is 18.2. The average molecular weight is 423 g/mol. The zero-order chi connectivity index (χ0) is 20.9. The molecule has 7 nitrogen and oxygen atoms in total. The van der Waals surface area contributed by atoms with Crippen molar-refractivity contribution in [2.75, 3.05) is 36.8 Å². The second-order valence-electron chi connectivity index (χ2n) is 7.21. The summed E-state index contributed by atoms with van der Waals surface area (Å²) in [5.41, 5.74) is 2.24. The van der Waals surface area contributed by atoms with Gasteiger partial charge < -0.3 is 14.4 Å². The van der Waals surface area contributed by atoms with Crippen molar-refractivity contribution in [3.05, 3.63) is 54.2 Å². The zero-order valence-electron chi connectivity index (χ0n) is 17.4. The SMILES string of the molecule is CCn1c(SCC(=O)N2CCN(c3ccccn3)CC2)nnc1-c1ccccc1C. The molecule has 0 atom stereocenters. The molecule has 30 heavy (non-hydrogen) atoms. The van der Waals surface area contributed by atoms with Gasteiger partial charge in [0.15, 0.2) is 11.0 Å². The lowest BCUT2D eigenvalue weighted by molar-refractivity contribution is -0.128. The number of thioether (sulfide) groups is 1. The molecule has 0 radical (unpaired) electrons. The summed E-state index contributed by atoms with van der Waals surface area (Å²) < 4.78 is 2.08. The maximum atomic E-state index is 12.8. The number of aryl methyl sites for hydroxylation is 1. The van der Waals surface area contributed by atoms with Crippen molar-refractivity contribution in [3.8, 4) is 11.4 Å². The van der Waals surface area contributed by atoms with Crippen LogP contribution in [0.2, 0.25) is 0 Å². The first kappa shape index (κ1) is 20.4. The minimum absolute atomic E-state index is 0.142. The van der Waals surface area contributed by atoms with Gasteiger partial charge in [-0.15, -0.1) is 10.2 Å². The summed E-state index contributed by atoms with van der Waals surface area (Å²) in [7, 11) is 0. The number of benzene rings is 1. The Bertz CT molecular complexity index is 998. The molecule has 0 N–H and O–H groups in total. The maximum Gasteiger partial charge on any atom is 0.233 e. The molecule has 1 aliphatic heterocycles. The van der Waals surface area contributed by atoms with Crippen LogP contribution in [0.25, 0.3) is 11.4 Å².